The summed E-state index contributed by atoms with van der Waals surface area (Å²) in [6.07, 6.45) is 6.39. The molecule has 7 heteroatoms. The van der Waals surface area contributed by atoms with Crippen LogP contribution in [0.25, 0.3) is 16.7 Å². The van der Waals surface area contributed by atoms with Crippen molar-refractivity contribution in [3.8, 4) is 5.69 Å². The van der Waals surface area contributed by atoms with Crippen LogP contribution in [0.15, 0.2) is 46.1 Å². The molecule has 0 bridgehead atoms. The monoisotopic (exact) mass is 464 g/mol. The summed E-state index contributed by atoms with van der Waals surface area (Å²) in [4.78, 5) is 30.3. The molecule has 1 radical (unpaired) electrons. The summed E-state index contributed by atoms with van der Waals surface area (Å²) in [5, 5.41) is 0.123. The lowest BCUT2D eigenvalue weighted by molar-refractivity contribution is 0.372. The van der Waals surface area contributed by atoms with E-state index < -0.39 is 17.1 Å². The molecule has 0 spiro atoms. The first-order chi connectivity index (χ1) is 12.6. The highest BCUT2D eigenvalue weighted by molar-refractivity contribution is 14.1. The highest BCUT2D eigenvalue weighted by Crippen LogP contribution is 2.26. The Hall–Kier alpha value is -2.03. The first-order valence-corrected chi connectivity index (χ1v) is 9.54. The van der Waals surface area contributed by atoms with Gasteiger partial charge in [0.05, 0.1) is 17.3 Å². The van der Waals surface area contributed by atoms with E-state index in [0.717, 1.165) is 35.5 Å². The second kappa shape index (κ2) is 6.94. The number of aromatic nitrogens is 3. The number of rotatable bonds is 2. The van der Waals surface area contributed by atoms with Gasteiger partial charge < -0.3 is 0 Å². The van der Waals surface area contributed by atoms with Gasteiger partial charge in [0.1, 0.15) is 5.82 Å². The number of hydrogen-bond donors (Lipinski definition) is 0. The van der Waals surface area contributed by atoms with E-state index in [4.69, 9.17) is 0 Å². The van der Waals surface area contributed by atoms with Crippen LogP contribution in [0.3, 0.4) is 0 Å². The maximum Gasteiger partial charge on any atom is 0.337 e. The van der Waals surface area contributed by atoms with Gasteiger partial charge in [0.15, 0.2) is 5.65 Å². The van der Waals surface area contributed by atoms with Crippen LogP contribution in [0.2, 0.25) is 0 Å². The van der Waals surface area contributed by atoms with E-state index in [0.29, 0.717) is 5.69 Å². The normalized spacial score (nSPS) is 15.5. The van der Waals surface area contributed by atoms with E-state index in [-0.39, 0.29) is 17.1 Å². The van der Waals surface area contributed by atoms with Gasteiger partial charge in [0.2, 0.25) is 0 Å². The van der Waals surface area contributed by atoms with E-state index in [1.54, 1.807) is 6.07 Å². The van der Waals surface area contributed by atoms with E-state index in [2.05, 4.69) is 34.0 Å². The van der Waals surface area contributed by atoms with Gasteiger partial charge in [-0.15, -0.1) is 0 Å². The molecule has 1 aromatic carbocycles. The summed E-state index contributed by atoms with van der Waals surface area (Å²) in [6, 6.07) is 8.37. The second-order valence-electron chi connectivity index (χ2n) is 6.39. The number of pyridine rings is 1. The molecule has 0 aliphatic heterocycles. The number of fused-ring (bicyclic) bond motifs is 1. The molecule has 2 heterocycles. The van der Waals surface area contributed by atoms with E-state index in [1.807, 2.05) is 18.2 Å². The van der Waals surface area contributed by atoms with Crippen molar-refractivity contribution >= 4 is 33.6 Å². The molecule has 0 N–H and O–H groups in total. The summed E-state index contributed by atoms with van der Waals surface area (Å²) in [5.41, 5.74) is -0.0922. The Bertz CT molecular complexity index is 1100. The van der Waals surface area contributed by atoms with Crippen LogP contribution in [0.5, 0.6) is 0 Å². The lowest BCUT2D eigenvalue weighted by atomic mass is 9.95. The van der Waals surface area contributed by atoms with E-state index in [9.17, 15) is 14.0 Å². The Balaban J connectivity index is 2.09. The third-order valence-corrected chi connectivity index (χ3v) is 5.40. The molecule has 2 aromatic heterocycles. The molecule has 1 aliphatic carbocycles. The summed E-state index contributed by atoms with van der Waals surface area (Å²) >= 11 is 2.16. The Kier molecular flexibility index (Phi) is 4.64. The topological polar surface area (TPSA) is 56.9 Å². The summed E-state index contributed by atoms with van der Waals surface area (Å²) in [6.45, 7) is 0. The molecule has 5 nitrogen and oxygen atoms in total. The summed E-state index contributed by atoms with van der Waals surface area (Å²) in [7, 11) is 0. The van der Waals surface area contributed by atoms with Crippen LogP contribution in [0, 0.1) is 15.8 Å². The molecule has 4 rings (SSSR count). The zero-order valence-corrected chi connectivity index (χ0v) is 16.0. The highest BCUT2D eigenvalue weighted by atomic mass is 127. The van der Waals surface area contributed by atoms with Crippen molar-refractivity contribution < 1.29 is 4.39 Å². The lowest BCUT2D eigenvalue weighted by Crippen LogP contribution is -2.42. The fourth-order valence-corrected chi connectivity index (χ4v) is 4.05. The van der Waals surface area contributed by atoms with Crippen LogP contribution in [-0.4, -0.2) is 14.1 Å². The molecule has 0 atom stereocenters. The predicted molar refractivity (Wildman–Crippen MR) is 106 cm³/mol. The first-order valence-electron chi connectivity index (χ1n) is 8.46. The SMILES string of the molecule is O=c1c2cc(F)cnc2n(-c2cccc(I)c2)c(=O)n1C1CC[CH]CC1. The maximum atomic E-state index is 13.8. The van der Waals surface area contributed by atoms with Crippen LogP contribution in [-0.2, 0) is 0 Å². The van der Waals surface area contributed by atoms with Crippen LogP contribution in [0.4, 0.5) is 4.39 Å². The van der Waals surface area contributed by atoms with Gasteiger partial charge in [-0.05, 0) is 79.0 Å². The number of nitrogens with zero attached hydrogens (tertiary/aromatic N) is 3. The number of benzene rings is 1. The molecule has 1 fully saturated rings. The van der Waals surface area contributed by atoms with Gasteiger partial charge in [-0.1, -0.05) is 6.07 Å². The Morgan fingerprint density at radius 2 is 1.92 bits per heavy atom. The van der Waals surface area contributed by atoms with Crippen molar-refractivity contribution in [2.45, 2.75) is 31.7 Å². The zero-order valence-electron chi connectivity index (χ0n) is 13.9. The fraction of sp³-hybridized carbons (Fsp3) is 0.263. The summed E-state index contributed by atoms with van der Waals surface area (Å²) in [5.74, 6) is -0.592. The van der Waals surface area contributed by atoms with E-state index in [1.165, 1.54) is 15.2 Å². The molecule has 1 saturated carbocycles. The van der Waals surface area contributed by atoms with Crippen molar-refractivity contribution in [1.82, 2.24) is 14.1 Å². The molecule has 0 saturated heterocycles. The largest absolute Gasteiger partial charge is 0.337 e. The Labute approximate surface area is 162 Å². The minimum atomic E-state index is -0.592. The van der Waals surface area contributed by atoms with Crippen molar-refractivity contribution in [2.75, 3.05) is 0 Å². The standard InChI is InChI=1S/C19H16FIN3O2/c20-12-9-16-17(22-11-12)23(15-8-4-5-13(21)10-15)19(26)24(18(16)25)14-6-2-1-3-7-14/h1,4-5,8-11,14H,2-3,6-7H2. The van der Waals surface area contributed by atoms with Gasteiger partial charge in [-0.3, -0.25) is 9.36 Å². The summed E-state index contributed by atoms with van der Waals surface area (Å²) < 4.78 is 17.4. The van der Waals surface area contributed by atoms with Crippen molar-refractivity contribution in [3.05, 3.63) is 73.2 Å². The third kappa shape index (κ3) is 2.98. The smallest absolute Gasteiger partial charge is 0.268 e. The average molecular weight is 464 g/mol. The van der Waals surface area contributed by atoms with E-state index >= 15 is 0 Å². The molecule has 3 aromatic rings. The quantitative estimate of drug-likeness (QED) is 0.545. The number of hydrogen-bond acceptors (Lipinski definition) is 3. The van der Waals surface area contributed by atoms with Gasteiger partial charge in [-0.2, -0.15) is 0 Å². The Morgan fingerprint density at radius 1 is 1.15 bits per heavy atom. The van der Waals surface area contributed by atoms with Gasteiger partial charge in [-0.25, -0.2) is 18.7 Å². The minimum absolute atomic E-state index is 0.123. The molecule has 133 valence electrons. The maximum absolute atomic E-state index is 13.8. The lowest BCUT2D eigenvalue weighted by Gasteiger charge is -2.24. The van der Waals surface area contributed by atoms with Crippen LogP contribution in [0.1, 0.15) is 31.7 Å². The molecular weight excluding hydrogens is 448 g/mol. The molecule has 0 amide bonds. The predicted octanol–water partition coefficient (Wildman–Crippen LogP) is 3.61. The van der Waals surface area contributed by atoms with Crippen LogP contribution < -0.4 is 11.2 Å². The fourth-order valence-electron chi connectivity index (χ4n) is 3.52. The number of halogens is 2. The van der Waals surface area contributed by atoms with Crippen molar-refractivity contribution in [2.24, 2.45) is 0 Å². The third-order valence-electron chi connectivity index (χ3n) is 4.73. The van der Waals surface area contributed by atoms with Gasteiger partial charge in [0, 0.05) is 9.61 Å². The second-order valence-corrected chi connectivity index (χ2v) is 7.64. The van der Waals surface area contributed by atoms with Gasteiger partial charge in [0.25, 0.3) is 5.56 Å². The van der Waals surface area contributed by atoms with Crippen LogP contribution >= 0.6 is 22.6 Å². The molecule has 26 heavy (non-hydrogen) atoms. The first kappa shape index (κ1) is 17.4. The zero-order chi connectivity index (χ0) is 18.3. The average Bonchev–Trinajstić information content (AvgIpc) is 2.63. The molecule has 0 unspecified atom stereocenters. The highest BCUT2D eigenvalue weighted by Gasteiger charge is 2.23. The minimum Gasteiger partial charge on any atom is -0.268 e. The molecular formula is C19H16FIN3O2. The van der Waals surface area contributed by atoms with Crippen molar-refractivity contribution in [3.63, 3.8) is 0 Å². The Morgan fingerprint density at radius 3 is 2.65 bits per heavy atom. The van der Waals surface area contributed by atoms with Crippen molar-refractivity contribution in [1.29, 1.82) is 0 Å². The molecule has 1 aliphatic rings. The van der Waals surface area contributed by atoms with Gasteiger partial charge >= 0.3 is 5.69 Å².